The lowest BCUT2D eigenvalue weighted by molar-refractivity contribution is -0.137. The zero-order valence-corrected chi connectivity index (χ0v) is 14.0. The summed E-state index contributed by atoms with van der Waals surface area (Å²) in [5, 5.41) is 0.0942. The second-order valence-electron chi connectivity index (χ2n) is 5.17. The molecular weight excluding hydrogens is 358 g/mol. The van der Waals surface area contributed by atoms with Gasteiger partial charge in [-0.3, -0.25) is 0 Å². The minimum atomic E-state index is -4.46. The average molecular weight is 371 g/mol. The molecule has 0 aromatic heterocycles. The first-order valence-electron chi connectivity index (χ1n) is 6.38. The van der Waals surface area contributed by atoms with E-state index in [1.807, 2.05) is 0 Å². The summed E-state index contributed by atoms with van der Waals surface area (Å²) in [7, 11) is 3.12. The van der Waals surface area contributed by atoms with Gasteiger partial charge in [-0.05, 0) is 29.8 Å². The molecule has 1 aromatic carbocycles. The Kier molecular flexibility index (Phi) is 5.05. The van der Waals surface area contributed by atoms with Crippen molar-refractivity contribution in [2.45, 2.75) is 17.5 Å². The lowest BCUT2D eigenvalue weighted by Crippen LogP contribution is -2.19. The SMILES string of the molecule is CN(C)c1ccc(C2C(Cl)=CC(Cl)=CC2Cl)cc1C(F)(F)F. The summed E-state index contributed by atoms with van der Waals surface area (Å²) in [5.74, 6) is -0.553. The maximum Gasteiger partial charge on any atom is 0.418 e. The van der Waals surface area contributed by atoms with Crippen LogP contribution in [0.25, 0.3) is 0 Å². The molecule has 1 aromatic rings. The van der Waals surface area contributed by atoms with Crippen LogP contribution in [-0.4, -0.2) is 19.5 Å². The van der Waals surface area contributed by atoms with E-state index in [9.17, 15) is 13.2 Å². The maximum atomic E-state index is 13.3. The molecule has 0 aliphatic heterocycles. The first-order valence-corrected chi connectivity index (χ1v) is 7.57. The number of hydrogen-bond acceptors (Lipinski definition) is 1. The van der Waals surface area contributed by atoms with Gasteiger partial charge >= 0.3 is 6.18 Å². The van der Waals surface area contributed by atoms with Crippen LogP contribution in [0.2, 0.25) is 0 Å². The largest absolute Gasteiger partial charge is 0.418 e. The number of anilines is 1. The molecule has 120 valence electrons. The van der Waals surface area contributed by atoms with Crippen molar-refractivity contribution in [2.75, 3.05) is 19.0 Å². The molecule has 0 N–H and O–H groups in total. The van der Waals surface area contributed by atoms with Crippen molar-refractivity contribution in [2.24, 2.45) is 0 Å². The van der Waals surface area contributed by atoms with Crippen molar-refractivity contribution < 1.29 is 13.2 Å². The Hall–Kier alpha value is -0.840. The quantitative estimate of drug-likeness (QED) is 0.602. The van der Waals surface area contributed by atoms with E-state index in [1.165, 1.54) is 17.0 Å². The van der Waals surface area contributed by atoms with Crippen LogP contribution in [0.3, 0.4) is 0 Å². The molecule has 7 heteroatoms. The minimum Gasteiger partial charge on any atom is -0.377 e. The molecule has 2 atom stereocenters. The second-order valence-corrected chi connectivity index (χ2v) is 6.55. The van der Waals surface area contributed by atoms with Gasteiger partial charge in [0, 0.05) is 35.8 Å². The molecule has 22 heavy (non-hydrogen) atoms. The summed E-state index contributed by atoms with van der Waals surface area (Å²) in [6, 6.07) is 4.12. The fourth-order valence-corrected chi connectivity index (χ4v) is 3.61. The third kappa shape index (κ3) is 3.55. The van der Waals surface area contributed by atoms with Gasteiger partial charge < -0.3 is 4.90 Å². The molecule has 0 saturated carbocycles. The van der Waals surface area contributed by atoms with Gasteiger partial charge in [-0.25, -0.2) is 0 Å². The molecule has 1 aliphatic rings. The Morgan fingerprint density at radius 2 is 1.77 bits per heavy atom. The second kappa shape index (κ2) is 6.34. The monoisotopic (exact) mass is 369 g/mol. The number of nitrogens with zero attached hydrogens (tertiary/aromatic N) is 1. The van der Waals surface area contributed by atoms with E-state index in [2.05, 4.69) is 0 Å². The molecule has 0 radical (unpaired) electrons. The van der Waals surface area contributed by atoms with E-state index in [0.29, 0.717) is 15.6 Å². The van der Waals surface area contributed by atoms with Crippen molar-refractivity contribution in [1.29, 1.82) is 0 Å². The van der Waals surface area contributed by atoms with Crippen LogP contribution in [0.5, 0.6) is 0 Å². The smallest absolute Gasteiger partial charge is 0.377 e. The van der Waals surface area contributed by atoms with Crippen LogP contribution >= 0.6 is 34.8 Å². The van der Waals surface area contributed by atoms with Crippen LogP contribution in [0.4, 0.5) is 18.9 Å². The van der Waals surface area contributed by atoms with Crippen LogP contribution in [0, 0.1) is 0 Å². The Balaban J connectivity index is 2.52. The van der Waals surface area contributed by atoms with E-state index in [4.69, 9.17) is 34.8 Å². The zero-order valence-electron chi connectivity index (χ0n) is 11.8. The van der Waals surface area contributed by atoms with E-state index < -0.39 is 23.0 Å². The summed E-state index contributed by atoms with van der Waals surface area (Å²) < 4.78 is 39.8. The molecule has 0 spiro atoms. The third-order valence-electron chi connectivity index (χ3n) is 3.38. The van der Waals surface area contributed by atoms with E-state index in [1.54, 1.807) is 26.2 Å². The number of rotatable bonds is 2. The number of benzene rings is 1. The van der Waals surface area contributed by atoms with Gasteiger partial charge in [0.25, 0.3) is 0 Å². The van der Waals surface area contributed by atoms with Crippen LogP contribution < -0.4 is 4.90 Å². The summed E-state index contributed by atoms with van der Waals surface area (Å²) in [4.78, 5) is 1.42. The standard InChI is InChI=1S/C15H13Cl3F3N/c1-22(2)13-4-3-8(5-10(13)15(19,20)21)14-11(17)6-9(16)7-12(14)18/h3-7,11,14H,1-2H3. The molecular formula is C15H13Cl3F3N. The highest BCUT2D eigenvalue weighted by atomic mass is 35.5. The van der Waals surface area contributed by atoms with E-state index >= 15 is 0 Å². The normalized spacial score (nSPS) is 22.2. The summed E-state index contributed by atoms with van der Waals surface area (Å²) in [6.45, 7) is 0. The van der Waals surface area contributed by atoms with Crippen LogP contribution in [0.15, 0.2) is 40.4 Å². The predicted octanol–water partition coefficient (Wildman–Crippen LogP) is 5.72. The molecule has 0 bridgehead atoms. The van der Waals surface area contributed by atoms with Gasteiger partial charge in [0.15, 0.2) is 0 Å². The van der Waals surface area contributed by atoms with Gasteiger partial charge in [-0.1, -0.05) is 29.3 Å². The predicted molar refractivity (Wildman–Crippen MR) is 86.0 cm³/mol. The highest BCUT2D eigenvalue weighted by molar-refractivity contribution is 6.37. The van der Waals surface area contributed by atoms with Gasteiger partial charge in [0.2, 0.25) is 0 Å². The van der Waals surface area contributed by atoms with Crippen LogP contribution in [-0.2, 0) is 6.18 Å². The van der Waals surface area contributed by atoms with Gasteiger partial charge in [0.1, 0.15) is 0 Å². The van der Waals surface area contributed by atoms with Crippen molar-refractivity contribution in [3.05, 3.63) is 51.5 Å². The molecule has 0 fully saturated rings. The Morgan fingerprint density at radius 3 is 2.27 bits per heavy atom. The molecule has 1 aliphatic carbocycles. The van der Waals surface area contributed by atoms with Crippen molar-refractivity contribution in [1.82, 2.24) is 0 Å². The molecule has 2 unspecified atom stereocenters. The van der Waals surface area contributed by atoms with E-state index in [0.717, 1.165) is 6.07 Å². The van der Waals surface area contributed by atoms with Gasteiger partial charge in [-0.15, -0.1) is 11.6 Å². The zero-order chi connectivity index (χ0) is 16.7. The molecule has 1 nitrogen and oxygen atoms in total. The Morgan fingerprint density at radius 1 is 1.14 bits per heavy atom. The first-order chi connectivity index (χ1) is 10.1. The lowest BCUT2D eigenvalue weighted by Gasteiger charge is -2.26. The van der Waals surface area contributed by atoms with Gasteiger partial charge in [0.05, 0.1) is 10.9 Å². The Bertz CT molecular complexity index is 635. The third-order valence-corrected chi connectivity index (χ3v) is 4.33. The number of halogens is 6. The fraction of sp³-hybridized carbons (Fsp3) is 0.333. The minimum absolute atomic E-state index is 0.0897. The van der Waals surface area contributed by atoms with Crippen LogP contribution in [0.1, 0.15) is 17.0 Å². The molecule has 0 saturated heterocycles. The summed E-state index contributed by atoms with van der Waals surface area (Å²) >= 11 is 18.2. The first kappa shape index (κ1) is 17.5. The van der Waals surface area contributed by atoms with Crippen molar-refractivity contribution >= 4 is 40.5 Å². The highest BCUT2D eigenvalue weighted by Crippen LogP contribution is 2.43. The topological polar surface area (TPSA) is 3.24 Å². The molecule has 0 amide bonds. The highest BCUT2D eigenvalue weighted by Gasteiger charge is 2.36. The fourth-order valence-electron chi connectivity index (χ4n) is 2.38. The summed E-state index contributed by atoms with van der Waals surface area (Å²) in [5.41, 5.74) is -0.226. The molecule has 2 rings (SSSR count). The maximum absolute atomic E-state index is 13.3. The molecule has 0 heterocycles. The van der Waals surface area contributed by atoms with E-state index in [-0.39, 0.29) is 5.69 Å². The number of alkyl halides is 4. The van der Waals surface area contributed by atoms with Crippen molar-refractivity contribution in [3.8, 4) is 0 Å². The lowest BCUT2D eigenvalue weighted by atomic mass is 9.90. The van der Waals surface area contributed by atoms with Gasteiger partial charge in [-0.2, -0.15) is 13.2 Å². The number of hydrogen-bond donors (Lipinski definition) is 0. The average Bonchev–Trinajstić information content (AvgIpc) is 2.36. The Labute approximate surface area is 141 Å². The number of allylic oxidation sites excluding steroid dienone is 4. The summed E-state index contributed by atoms with van der Waals surface area (Å²) in [6.07, 6.45) is -1.40. The van der Waals surface area contributed by atoms with Crippen molar-refractivity contribution in [3.63, 3.8) is 0 Å².